The van der Waals surface area contributed by atoms with Gasteiger partial charge in [-0.2, -0.15) is 0 Å². The first-order valence-electron chi connectivity index (χ1n) is 7.23. The zero-order valence-corrected chi connectivity index (χ0v) is 12.5. The molecule has 0 aromatic heterocycles. The zero-order chi connectivity index (χ0) is 14.7. The molecule has 0 bridgehead atoms. The number of aliphatic hydroxyl groups excluding tert-OH is 1. The lowest BCUT2D eigenvalue weighted by Gasteiger charge is -2.17. The van der Waals surface area contributed by atoms with Gasteiger partial charge in [-0.3, -0.25) is 9.69 Å². The van der Waals surface area contributed by atoms with Crippen molar-refractivity contribution in [3.05, 3.63) is 29.3 Å². The molecule has 0 spiro atoms. The summed E-state index contributed by atoms with van der Waals surface area (Å²) in [6.07, 6.45) is 0.678. The molecular weight excluding hydrogens is 252 g/mol. The maximum absolute atomic E-state index is 12.0. The summed E-state index contributed by atoms with van der Waals surface area (Å²) in [5.74, 6) is 0.309. The van der Waals surface area contributed by atoms with E-state index >= 15 is 0 Å². The van der Waals surface area contributed by atoms with Gasteiger partial charge in [0.15, 0.2) is 0 Å². The summed E-state index contributed by atoms with van der Waals surface area (Å²) in [4.78, 5) is 14.1. The molecule has 110 valence electrons. The minimum Gasteiger partial charge on any atom is -0.393 e. The van der Waals surface area contributed by atoms with Gasteiger partial charge in [-0.05, 0) is 62.9 Å². The Balaban J connectivity index is 1.85. The predicted molar refractivity (Wildman–Crippen MR) is 80.8 cm³/mol. The van der Waals surface area contributed by atoms with E-state index < -0.39 is 0 Å². The third-order valence-electron chi connectivity index (χ3n) is 4.15. The number of anilines is 1. The van der Waals surface area contributed by atoms with E-state index in [-0.39, 0.29) is 12.0 Å². The number of benzene rings is 1. The number of carbonyl (C=O) groups is 1. The average Bonchev–Trinajstić information content (AvgIpc) is 2.82. The molecule has 0 saturated carbocycles. The van der Waals surface area contributed by atoms with Crippen molar-refractivity contribution in [2.75, 3.05) is 25.0 Å². The Morgan fingerprint density at radius 1 is 1.45 bits per heavy atom. The number of nitrogens with zero attached hydrogens (tertiary/aromatic N) is 1. The molecule has 0 aliphatic carbocycles. The molecule has 1 aromatic carbocycles. The highest BCUT2D eigenvalue weighted by molar-refractivity contribution is 5.92. The molecule has 4 nitrogen and oxygen atoms in total. The molecule has 2 atom stereocenters. The fourth-order valence-corrected chi connectivity index (χ4v) is 2.62. The Kier molecular flexibility index (Phi) is 4.78. The van der Waals surface area contributed by atoms with Crippen molar-refractivity contribution in [2.45, 2.75) is 33.3 Å². The van der Waals surface area contributed by atoms with E-state index in [0.717, 1.165) is 25.2 Å². The van der Waals surface area contributed by atoms with Gasteiger partial charge in [0.05, 0.1) is 12.6 Å². The van der Waals surface area contributed by atoms with Gasteiger partial charge in [0.1, 0.15) is 0 Å². The van der Waals surface area contributed by atoms with Crippen LogP contribution in [0, 0.1) is 19.8 Å². The van der Waals surface area contributed by atoms with E-state index in [1.807, 2.05) is 32.0 Å². The molecule has 1 aliphatic rings. The topological polar surface area (TPSA) is 52.6 Å². The molecule has 1 saturated heterocycles. The van der Waals surface area contributed by atoms with E-state index in [1.165, 1.54) is 11.1 Å². The summed E-state index contributed by atoms with van der Waals surface area (Å²) >= 11 is 0. The van der Waals surface area contributed by atoms with Gasteiger partial charge in [0, 0.05) is 12.2 Å². The highest BCUT2D eigenvalue weighted by Gasteiger charge is 2.26. The third kappa shape index (κ3) is 3.81. The summed E-state index contributed by atoms with van der Waals surface area (Å²) < 4.78 is 0. The fourth-order valence-electron chi connectivity index (χ4n) is 2.62. The summed E-state index contributed by atoms with van der Waals surface area (Å²) in [6, 6.07) is 5.95. The Bertz CT molecular complexity index is 485. The van der Waals surface area contributed by atoms with Gasteiger partial charge in [0.2, 0.25) is 5.91 Å². The Hall–Kier alpha value is -1.39. The number of likely N-dealkylation sites (tertiary alicyclic amines) is 1. The van der Waals surface area contributed by atoms with E-state index in [0.29, 0.717) is 12.5 Å². The molecule has 1 fully saturated rings. The van der Waals surface area contributed by atoms with E-state index in [4.69, 9.17) is 0 Å². The Morgan fingerprint density at radius 2 is 2.20 bits per heavy atom. The minimum absolute atomic E-state index is 0.0134. The van der Waals surface area contributed by atoms with Crippen LogP contribution >= 0.6 is 0 Å². The lowest BCUT2D eigenvalue weighted by molar-refractivity contribution is -0.117. The molecule has 2 N–H and O–H groups in total. The van der Waals surface area contributed by atoms with E-state index in [9.17, 15) is 9.90 Å². The maximum atomic E-state index is 12.0. The summed E-state index contributed by atoms with van der Waals surface area (Å²) in [5.41, 5.74) is 3.25. The van der Waals surface area contributed by atoms with Gasteiger partial charge >= 0.3 is 0 Å². The monoisotopic (exact) mass is 276 g/mol. The van der Waals surface area contributed by atoms with Crippen LogP contribution in [0.4, 0.5) is 5.69 Å². The molecule has 1 heterocycles. The van der Waals surface area contributed by atoms with Crippen LogP contribution < -0.4 is 5.32 Å². The molecule has 1 aliphatic heterocycles. The Morgan fingerprint density at radius 3 is 2.80 bits per heavy atom. The summed E-state index contributed by atoms with van der Waals surface area (Å²) in [5, 5.41) is 12.5. The van der Waals surface area contributed by atoms with Crippen molar-refractivity contribution in [1.82, 2.24) is 4.90 Å². The summed E-state index contributed by atoms with van der Waals surface area (Å²) in [7, 11) is 0. The first kappa shape index (κ1) is 15.0. The number of carbonyl (C=O) groups excluding carboxylic acids is 1. The number of nitrogens with one attached hydrogen (secondary N) is 1. The van der Waals surface area contributed by atoms with E-state index in [1.54, 1.807) is 0 Å². The van der Waals surface area contributed by atoms with E-state index in [2.05, 4.69) is 17.1 Å². The Labute approximate surface area is 120 Å². The van der Waals surface area contributed by atoms with Crippen LogP contribution in [-0.4, -0.2) is 41.7 Å². The van der Waals surface area contributed by atoms with Crippen LogP contribution in [0.25, 0.3) is 0 Å². The molecule has 0 radical (unpaired) electrons. The smallest absolute Gasteiger partial charge is 0.238 e. The molecular formula is C16H24N2O2. The molecule has 1 aromatic rings. The van der Waals surface area contributed by atoms with Gasteiger partial charge in [-0.1, -0.05) is 6.07 Å². The largest absolute Gasteiger partial charge is 0.393 e. The zero-order valence-electron chi connectivity index (χ0n) is 12.5. The number of hydrogen-bond acceptors (Lipinski definition) is 3. The second-order valence-electron chi connectivity index (χ2n) is 5.87. The van der Waals surface area contributed by atoms with Crippen molar-refractivity contribution in [3.63, 3.8) is 0 Å². The molecule has 2 rings (SSSR count). The van der Waals surface area contributed by atoms with Crippen molar-refractivity contribution in [2.24, 2.45) is 5.92 Å². The van der Waals surface area contributed by atoms with Gasteiger partial charge in [-0.15, -0.1) is 0 Å². The van der Waals surface area contributed by atoms with Crippen LogP contribution in [0.2, 0.25) is 0 Å². The van der Waals surface area contributed by atoms with Crippen molar-refractivity contribution < 1.29 is 9.90 Å². The second kappa shape index (κ2) is 6.37. The molecule has 0 unspecified atom stereocenters. The van der Waals surface area contributed by atoms with Crippen molar-refractivity contribution >= 4 is 11.6 Å². The maximum Gasteiger partial charge on any atom is 0.238 e. The lowest BCUT2D eigenvalue weighted by Crippen LogP contribution is -2.32. The molecule has 4 heteroatoms. The van der Waals surface area contributed by atoms with Crippen LogP contribution in [0.1, 0.15) is 24.5 Å². The molecule has 1 amide bonds. The fraction of sp³-hybridized carbons (Fsp3) is 0.562. The number of amides is 1. The average molecular weight is 276 g/mol. The van der Waals surface area contributed by atoms with Crippen molar-refractivity contribution in [1.29, 1.82) is 0 Å². The highest BCUT2D eigenvalue weighted by Crippen LogP contribution is 2.19. The normalized spacial score (nSPS) is 20.9. The van der Waals surface area contributed by atoms with Crippen LogP contribution in [-0.2, 0) is 4.79 Å². The SMILES string of the molecule is Cc1ccc(NC(=O)CN2CC[C@H]([C@@H](C)O)C2)cc1C. The second-order valence-corrected chi connectivity index (χ2v) is 5.87. The van der Waals surface area contributed by atoms with Crippen LogP contribution in [0.3, 0.4) is 0 Å². The first-order valence-corrected chi connectivity index (χ1v) is 7.23. The minimum atomic E-state index is -0.289. The number of aryl methyl sites for hydroxylation is 2. The van der Waals surface area contributed by atoms with Crippen LogP contribution in [0.5, 0.6) is 0 Å². The van der Waals surface area contributed by atoms with Crippen molar-refractivity contribution in [3.8, 4) is 0 Å². The standard InChI is InChI=1S/C16H24N2O2/c1-11-4-5-15(8-12(11)2)17-16(20)10-18-7-6-14(9-18)13(3)19/h4-5,8,13-14,19H,6-7,9-10H2,1-3H3,(H,17,20)/t13-,14+/m1/s1. The first-order chi connectivity index (χ1) is 9.45. The third-order valence-corrected chi connectivity index (χ3v) is 4.15. The number of hydrogen-bond donors (Lipinski definition) is 2. The van der Waals surface area contributed by atoms with Gasteiger partial charge < -0.3 is 10.4 Å². The van der Waals surface area contributed by atoms with Crippen LogP contribution in [0.15, 0.2) is 18.2 Å². The summed E-state index contributed by atoms with van der Waals surface area (Å²) in [6.45, 7) is 8.01. The predicted octanol–water partition coefficient (Wildman–Crippen LogP) is 1.94. The lowest BCUT2D eigenvalue weighted by atomic mass is 10.0. The van der Waals surface area contributed by atoms with Gasteiger partial charge in [0.25, 0.3) is 0 Å². The highest BCUT2D eigenvalue weighted by atomic mass is 16.3. The number of rotatable bonds is 4. The number of aliphatic hydroxyl groups is 1. The van der Waals surface area contributed by atoms with Gasteiger partial charge in [-0.25, -0.2) is 0 Å². The molecule has 20 heavy (non-hydrogen) atoms. The quantitative estimate of drug-likeness (QED) is 0.883.